The molecule has 0 atom stereocenters. The van der Waals surface area contributed by atoms with Crippen molar-refractivity contribution in [1.29, 1.82) is 0 Å². The minimum atomic E-state index is -0.220. The van der Waals surface area contributed by atoms with Crippen LogP contribution >= 0.6 is 11.6 Å². The van der Waals surface area contributed by atoms with Crippen molar-refractivity contribution in [2.75, 3.05) is 18.9 Å². The van der Waals surface area contributed by atoms with Gasteiger partial charge in [-0.25, -0.2) is 4.79 Å². The van der Waals surface area contributed by atoms with E-state index < -0.39 is 0 Å². The fraction of sp³-hybridized carbons (Fsp3) is 0.250. The van der Waals surface area contributed by atoms with Crippen LogP contribution in [0.25, 0.3) is 11.5 Å². The molecule has 6 nitrogen and oxygen atoms in total. The number of nitrogens with zero attached hydrogens (tertiary/aromatic N) is 3. The van der Waals surface area contributed by atoms with E-state index in [-0.39, 0.29) is 6.03 Å². The van der Waals surface area contributed by atoms with Crippen molar-refractivity contribution in [1.82, 2.24) is 15.0 Å². The number of carbonyl (C=O) groups is 1. The Kier molecular flexibility index (Phi) is 5.76. The summed E-state index contributed by atoms with van der Waals surface area (Å²) in [6.45, 7) is 4.39. The summed E-state index contributed by atoms with van der Waals surface area (Å²) in [7, 11) is 1.72. The van der Waals surface area contributed by atoms with Crippen LogP contribution in [-0.4, -0.2) is 34.7 Å². The molecule has 27 heavy (non-hydrogen) atoms. The van der Waals surface area contributed by atoms with E-state index in [9.17, 15) is 4.79 Å². The van der Waals surface area contributed by atoms with E-state index in [1.165, 1.54) is 5.56 Å². The van der Waals surface area contributed by atoms with Gasteiger partial charge in [0.25, 0.3) is 5.89 Å². The van der Waals surface area contributed by atoms with Crippen molar-refractivity contribution in [2.24, 2.45) is 0 Å². The molecule has 0 saturated carbocycles. The van der Waals surface area contributed by atoms with Gasteiger partial charge >= 0.3 is 6.03 Å². The van der Waals surface area contributed by atoms with Crippen molar-refractivity contribution in [3.8, 4) is 11.5 Å². The highest BCUT2D eigenvalue weighted by molar-refractivity contribution is 6.31. The number of carbonyl (C=O) groups excluding carboxylic acids is 1. The Morgan fingerprint density at radius 2 is 1.93 bits per heavy atom. The number of rotatable bonds is 5. The molecule has 0 bridgehead atoms. The zero-order chi connectivity index (χ0) is 19.4. The number of nitrogens with one attached hydrogen (secondary N) is 1. The second-order valence-electron chi connectivity index (χ2n) is 6.44. The third kappa shape index (κ3) is 4.86. The first-order valence-corrected chi connectivity index (χ1v) is 8.98. The number of urea groups is 1. The van der Waals surface area contributed by atoms with Crippen LogP contribution in [0.2, 0.25) is 5.02 Å². The van der Waals surface area contributed by atoms with Gasteiger partial charge in [0.2, 0.25) is 0 Å². The molecule has 3 aromatic rings. The minimum absolute atomic E-state index is 0.220. The van der Waals surface area contributed by atoms with Gasteiger partial charge in [0.05, 0.1) is 0 Å². The lowest BCUT2D eigenvalue weighted by atomic mass is 10.1. The number of benzene rings is 2. The maximum atomic E-state index is 12.4. The van der Waals surface area contributed by atoms with Crippen LogP contribution in [-0.2, 0) is 6.42 Å². The Morgan fingerprint density at radius 3 is 2.67 bits per heavy atom. The second-order valence-corrected chi connectivity index (χ2v) is 6.88. The molecule has 0 aliphatic heterocycles. The summed E-state index contributed by atoms with van der Waals surface area (Å²) in [4.78, 5) is 18.3. The minimum Gasteiger partial charge on any atom is -0.334 e. The van der Waals surface area contributed by atoms with E-state index in [2.05, 4.69) is 15.5 Å². The molecule has 0 aliphatic carbocycles. The van der Waals surface area contributed by atoms with Gasteiger partial charge in [-0.15, -0.1) is 0 Å². The third-order valence-electron chi connectivity index (χ3n) is 4.23. The van der Waals surface area contributed by atoms with Crippen LogP contribution in [0.1, 0.15) is 17.0 Å². The summed E-state index contributed by atoms with van der Waals surface area (Å²) in [5.41, 5.74) is 3.69. The first-order valence-electron chi connectivity index (χ1n) is 8.60. The van der Waals surface area contributed by atoms with E-state index in [0.717, 1.165) is 11.1 Å². The summed E-state index contributed by atoms with van der Waals surface area (Å²) in [5.74, 6) is 1.04. The first kappa shape index (κ1) is 18.9. The summed E-state index contributed by atoms with van der Waals surface area (Å²) >= 11 is 5.99. The average molecular weight is 385 g/mol. The van der Waals surface area contributed by atoms with Crippen molar-refractivity contribution >= 4 is 23.3 Å². The van der Waals surface area contributed by atoms with Crippen molar-refractivity contribution in [3.05, 3.63) is 64.4 Å². The monoisotopic (exact) mass is 384 g/mol. The predicted octanol–water partition coefficient (Wildman–Crippen LogP) is 4.71. The number of amides is 2. The molecule has 7 heteroatoms. The van der Waals surface area contributed by atoms with Gasteiger partial charge in [-0.05, 0) is 43.7 Å². The van der Waals surface area contributed by atoms with Gasteiger partial charge in [0.1, 0.15) is 0 Å². The van der Waals surface area contributed by atoms with Crippen LogP contribution < -0.4 is 5.32 Å². The van der Waals surface area contributed by atoms with Gasteiger partial charge in [0, 0.05) is 36.3 Å². The molecule has 0 fully saturated rings. The van der Waals surface area contributed by atoms with Gasteiger partial charge in [0.15, 0.2) is 5.82 Å². The average Bonchev–Trinajstić information content (AvgIpc) is 3.12. The highest BCUT2D eigenvalue weighted by Gasteiger charge is 2.13. The lowest BCUT2D eigenvalue weighted by Gasteiger charge is -2.18. The lowest BCUT2D eigenvalue weighted by Crippen LogP contribution is -2.33. The molecule has 0 radical (unpaired) electrons. The standard InChI is InChI=1S/C20H21ClN4O2/c1-13-4-7-15(8-5-13)19-23-18(24-27-19)10-11-25(3)20(26)22-17-12-16(21)9-6-14(17)2/h4-9,12H,10-11H2,1-3H3,(H,22,26). The Hall–Kier alpha value is -2.86. The second kappa shape index (κ2) is 8.22. The number of halogens is 1. The smallest absolute Gasteiger partial charge is 0.321 e. The number of hydrogen-bond donors (Lipinski definition) is 1. The van der Waals surface area contributed by atoms with Crippen LogP contribution in [0.5, 0.6) is 0 Å². The highest BCUT2D eigenvalue weighted by Crippen LogP contribution is 2.21. The fourth-order valence-corrected chi connectivity index (χ4v) is 2.65. The normalized spacial score (nSPS) is 10.7. The third-order valence-corrected chi connectivity index (χ3v) is 4.46. The van der Waals surface area contributed by atoms with Crippen molar-refractivity contribution in [3.63, 3.8) is 0 Å². The largest absolute Gasteiger partial charge is 0.334 e. The van der Waals surface area contributed by atoms with Crippen LogP contribution in [0.4, 0.5) is 10.5 Å². The molecular weight excluding hydrogens is 364 g/mol. The molecule has 1 N–H and O–H groups in total. The molecule has 140 valence electrons. The van der Waals surface area contributed by atoms with Gasteiger partial charge in [-0.1, -0.05) is 40.5 Å². The summed E-state index contributed by atoms with van der Waals surface area (Å²) in [6.07, 6.45) is 0.494. The van der Waals surface area contributed by atoms with Crippen LogP contribution in [0.15, 0.2) is 47.0 Å². The summed E-state index contributed by atoms with van der Waals surface area (Å²) in [6, 6.07) is 13.0. The van der Waals surface area contributed by atoms with E-state index in [1.807, 2.05) is 44.2 Å². The number of aromatic nitrogens is 2. The first-order chi connectivity index (χ1) is 12.9. The molecule has 3 rings (SSSR count). The topological polar surface area (TPSA) is 71.3 Å². The summed E-state index contributed by atoms with van der Waals surface area (Å²) in [5, 5.41) is 7.43. The molecule has 1 aromatic heterocycles. The van der Waals surface area contributed by atoms with Gasteiger partial charge in [-0.3, -0.25) is 0 Å². The Bertz CT molecular complexity index is 937. The zero-order valence-electron chi connectivity index (χ0n) is 15.5. The van der Waals surface area contributed by atoms with E-state index in [0.29, 0.717) is 35.4 Å². The number of likely N-dealkylation sites (N-methyl/N-ethyl adjacent to an activating group) is 1. The lowest BCUT2D eigenvalue weighted by molar-refractivity contribution is 0.222. The molecule has 0 unspecified atom stereocenters. The highest BCUT2D eigenvalue weighted by atomic mass is 35.5. The quantitative estimate of drug-likeness (QED) is 0.691. The Labute approximate surface area is 163 Å². The molecule has 1 heterocycles. The number of hydrogen-bond acceptors (Lipinski definition) is 4. The number of aryl methyl sites for hydroxylation is 2. The van der Waals surface area contributed by atoms with E-state index >= 15 is 0 Å². The Morgan fingerprint density at radius 1 is 1.19 bits per heavy atom. The van der Waals surface area contributed by atoms with E-state index in [1.54, 1.807) is 24.1 Å². The van der Waals surface area contributed by atoms with Crippen LogP contribution in [0, 0.1) is 13.8 Å². The molecule has 0 aliphatic rings. The summed E-state index contributed by atoms with van der Waals surface area (Å²) < 4.78 is 5.31. The predicted molar refractivity (Wildman–Crippen MR) is 106 cm³/mol. The van der Waals surface area contributed by atoms with Gasteiger partial charge in [-0.2, -0.15) is 4.98 Å². The van der Waals surface area contributed by atoms with E-state index in [4.69, 9.17) is 16.1 Å². The maximum Gasteiger partial charge on any atom is 0.321 e. The number of anilines is 1. The molecule has 0 saturated heterocycles. The molecule has 2 amide bonds. The van der Waals surface area contributed by atoms with Crippen molar-refractivity contribution < 1.29 is 9.32 Å². The maximum absolute atomic E-state index is 12.4. The fourth-order valence-electron chi connectivity index (χ4n) is 2.48. The van der Waals surface area contributed by atoms with Gasteiger partial charge < -0.3 is 14.7 Å². The Balaban J connectivity index is 1.57. The molecular formula is C20H21ClN4O2. The van der Waals surface area contributed by atoms with Crippen molar-refractivity contribution in [2.45, 2.75) is 20.3 Å². The SMILES string of the molecule is Cc1ccc(-c2nc(CCN(C)C(=O)Nc3cc(Cl)ccc3C)no2)cc1. The zero-order valence-corrected chi connectivity index (χ0v) is 16.2. The molecule has 0 spiro atoms. The van der Waals surface area contributed by atoms with Crippen LogP contribution in [0.3, 0.4) is 0 Å². The molecule has 2 aromatic carbocycles.